The van der Waals surface area contributed by atoms with Crippen molar-refractivity contribution in [3.05, 3.63) is 35.4 Å². The number of carbonyl (C=O) groups excluding carboxylic acids is 2. The van der Waals surface area contributed by atoms with E-state index >= 15 is 0 Å². The number of esters is 1. The molecule has 1 rings (SSSR count). The molecule has 0 aromatic heterocycles. The van der Waals surface area contributed by atoms with Gasteiger partial charge in [0.25, 0.3) is 0 Å². The SMILES string of the molecule is COC(=O)c1ccc(C(CCC(C)=O)O[Si](C)(C)C(C)(C)C)cc1. The second kappa shape index (κ2) is 8.08. The van der Waals surface area contributed by atoms with Gasteiger partial charge in [-0.3, -0.25) is 0 Å². The number of carbonyl (C=O) groups is 2. The summed E-state index contributed by atoms with van der Waals surface area (Å²) in [7, 11) is -0.600. The van der Waals surface area contributed by atoms with Crippen molar-refractivity contribution < 1.29 is 18.8 Å². The van der Waals surface area contributed by atoms with E-state index in [4.69, 9.17) is 9.16 Å². The molecule has 0 N–H and O–H groups in total. The lowest BCUT2D eigenvalue weighted by atomic mass is 10.0. The largest absolute Gasteiger partial charge is 0.465 e. The molecule has 134 valence electrons. The average molecular weight is 351 g/mol. The third-order valence-corrected chi connectivity index (χ3v) is 9.19. The van der Waals surface area contributed by atoms with E-state index in [2.05, 4.69) is 33.9 Å². The lowest BCUT2D eigenvalue weighted by Crippen LogP contribution is -2.41. The number of rotatable bonds is 7. The normalized spacial score (nSPS) is 13.5. The number of methoxy groups -OCH3 is 1. The summed E-state index contributed by atoms with van der Waals surface area (Å²) in [4.78, 5) is 23.0. The molecule has 0 amide bonds. The van der Waals surface area contributed by atoms with Gasteiger partial charge in [-0.1, -0.05) is 32.9 Å². The van der Waals surface area contributed by atoms with Crippen molar-refractivity contribution in [2.45, 2.75) is 64.8 Å². The Morgan fingerprint density at radius 3 is 2.08 bits per heavy atom. The third-order valence-electron chi connectivity index (χ3n) is 4.71. The zero-order valence-electron chi connectivity index (χ0n) is 15.9. The highest BCUT2D eigenvalue weighted by molar-refractivity contribution is 6.74. The maximum Gasteiger partial charge on any atom is 0.337 e. The van der Waals surface area contributed by atoms with Crippen molar-refractivity contribution in [2.24, 2.45) is 0 Å². The highest BCUT2D eigenvalue weighted by Crippen LogP contribution is 2.40. The van der Waals surface area contributed by atoms with Gasteiger partial charge in [0.15, 0.2) is 8.32 Å². The van der Waals surface area contributed by atoms with Gasteiger partial charge in [0.2, 0.25) is 0 Å². The topological polar surface area (TPSA) is 52.6 Å². The first-order valence-corrected chi connectivity index (χ1v) is 11.2. The molecular formula is C19H30O4Si. The molecule has 0 heterocycles. The van der Waals surface area contributed by atoms with Crippen LogP contribution in [0.4, 0.5) is 0 Å². The number of Topliss-reactive ketones (excluding diaryl/α,β-unsaturated/α-hetero) is 1. The standard InChI is InChI=1S/C19H30O4Si/c1-14(20)8-13-17(23-24(6,7)19(2,3)4)15-9-11-16(12-10-15)18(21)22-5/h9-12,17H,8,13H2,1-7H3. The van der Waals surface area contributed by atoms with Crippen LogP contribution in [0.3, 0.4) is 0 Å². The lowest BCUT2D eigenvalue weighted by Gasteiger charge is -2.39. The molecule has 0 aliphatic heterocycles. The molecule has 0 spiro atoms. The van der Waals surface area contributed by atoms with Crippen LogP contribution in [0.5, 0.6) is 0 Å². The van der Waals surface area contributed by atoms with Crippen LogP contribution in [0, 0.1) is 0 Å². The minimum Gasteiger partial charge on any atom is -0.465 e. The molecule has 1 aromatic carbocycles. The van der Waals surface area contributed by atoms with Crippen molar-refractivity contribution in [1.29, 1.82) is 0 Å². The Morgan fingerprint density at radius 1 is 1.12 bits per heavy atom. The number of hydrogen-bond acceptors (Lipinski definition) is 4. The molecule has 1 atom stereocenters. The van der Waals surface area contributed by atoms with Crippen molar-refractivity contribution >= 4 is 20.1 Å². The van der Waals surface area contributed by atoms with Gasteiger partial charge in [0.05, 0.1) is 18.8 Å². The fourth-order valence-corrected chi connectivity index (χ4v) is 3.43. The van der Waals surface area contributed by atoms with E-state index in [0.717, 1.165) is 5.56 Å². The predicted octanol–water partition coefficient (Wildman–Crippen LogP) is 4.91. The summed E-state index contributed by atoms with van der Waals surface area (Å²) >= 11 is 0. The van der Waals surface area contributed by atoms with Crippen LogP contribution in [-0.2, 0) is 14.0 Å². The molecule has 0 bridgehead atoms. The number of ketones is 1. The van der Waals surface area contributed by atoms with Crippen LogP contribution in [-0.4, -0.2) is 27.2 Å². The summed E-state index contributed by atoms with van der Waals surface area (Å²) in [5, 5.41) is 0.0907. The summed E-state index contributed by atoms with van der Waals surface area (Å²) in [5.74, 6) is -0.197. The second-order valence-corrected chi connectivity index (χ2v) is 12.5. The molecule has 5 heteroatoms. The van der Waals surface area contributed by atoms with Crippen LogP contribution < -0.4 is 0 Å². The van der Waals surface area contributed by atoms with E-state index in [-0.39, 0.29) is 22.9 Å². The van der Waals surface area contributed by atoms with Crippen LogP contribution in [0.15, 0.2) is 24.3 Å². The zero-order valence-corrected chi connectivity index (χ0v) is 16.9. The molecule has 0 aliphatic carbocycles. The average Bonchev–Trinajstić information content (AvgIpc) is 2.49. The fraction of sp³-hybridized carbons (Fsp3) is 0.579. The van der Waals surface area contributed by atoms with Gasteiger partial charge in [-0.25, -0.2) is 4.79 Å². The molecule has 4 nitrogen and oxygen atoms in total. The Morgan fingerprint density at radius 2 is 1.67 bits per heavy atom. The van der Waals surface area contributed by atoms with Crippen LogP contribution in [0.25, 0.3) is 0 Å². The number of hydrogen-bond donors (Lipinski definition) is 0. The highest BCUT2D eigenvalue weighted by atomic mass is 28.4. The molecule has 1 aromatic rings. The first kappa shape index (κ1) is 20.6. The van der Waals surface area contributed by atoms with Crippen molar-refractivity contribution in [3.8, 4) is 0 Å². The Balaban J connectivity index is 3.05. The Hall–Kier alpha value is -1.46. The molecule has 0 radical (unpaired) electrons. The zero-order chi connectivity index (χ0) is 18.5. The Bertz CT molecular complexity index is 570. The van der Waals surface area contributed by atoms with Crippen molar-refractivity contribution in [3.63, 3.8) is 0 Å². The van der Waals surface area contributed by atoms with Gasteiger partial charge < -0.3 is 14.0 Å². The minimum absolute atomic E-state index is 0.0907. The lowest BCUT2D eigenvalue weighted by molar-refractivity contribution is -0.117. The maximum atomic E-state index is 11.6. The van der Waals surface area contributed by atoms with E-state index < -0.39 is 8.32 Å². The molecule has 0 saturated heterocycles. The van der Waals surface area contributed by atoms with E-state index in [1.165, 1.54) is 7.11 Å². The number of ether oxygens (including phenoxy) is 1. The van der Waals surface area contributed by atoms with E-state index in [0.29, 0.717) is 18.4 Å². The highest BCUT2D eigenvalue weighted by Gasteiger charge is 2.39. The van der Waals surface area contributed by atoms with Crippen LogP contribution in [0.2, 0.25) is 18.1 Å². The van der Waals surface area contributed by atoms with Gasteiger partial charge in [-0.2, -0.15) is 0 Å². The molecule has 1 unspecified atom stereocenters. The molecule has 24 heavy (non-hydrogen) atoms. The van der Waals surface area contributed by atoms with Gasteiger partial charge >= 0.3 is 5.97 Å². The molecule has 0 aliphatic rings. The van der Waals surface area contributed by atoms with Gasteiger partial charge in [-0.15, -0.1) is 0 Å². The summed E-state index contributed by atoms with van der Waals surface area (Å²) in [5.41, 5.74) is 1.51. The Kier molecular flexibility index (Phi) is 6.93. The third kappa shape index (κ3) is 5.56. The summed E-state index contributed by atoms with van der Waals surface area (Å²) in [6, 6.07) is 7.28. The van der Waals surface area contributed by atoms with Gasteiger partial charge in [0, 0.05) is 6.42 Å². The van der Waals surface area contributed by atoms with Gasteiger partial charge in [0.1, 0.15) is 5.78 Å². The van der Waals surface area contributed by atoms with Gasteiger partial charge in [-0.05, 0) is 49.2 Å². The Labute approximate surface area is 146 Å². The second-order valence-electron chi connectivity index (χ2n) is 7.72. The summed E-state index contributed by atoms with van der Waals surface area (Å²) in [6.07, 6.45) is 0.999. The van der Waals surface area contributed by atoms with E-state index in [1.807, 2.05) is 12.1 Å². The first-order valence-electron chi connectivity index (χ1n) is 8.33. The summed E-state index contributed by atoms with van der Waals surface area (Å²) in [6.45, 7) is 12.6. The fourth-order valence-electron chi connectivity index (χ4n) is 2.11. The van der Waals surface area contributed by atoms with Crippen LogP contribution >= 0.6 is 0 Å². The minimum atomic E-state index is -1.97. The van der Waals surface area contributed by atoms with Crippen LogP contribution in [0.1, 0.15) is 62.6 Å². The molecule has 0 saturated carbocycles. The molecular weight excluding hydrogens is 320 g/mol. The smallest absolute Gasteiger partial charge is 0.337 e. The predicted molar refractivity (Wildman–Crippen MR) is 98.7 cm³/mol. The van der Waals surface area contributed by atoms with E-state index in [9.17, 15) is 9.59 Å². The molecule has 0 fully saturated rings. The monoisotopic (exact) mass is 350 g/mol. The quantitative estimate of drug-likeness (QED) is 0.518. The maximum absolute atomic E-state index is 11.6. The van der Waals surface area contributed by atoms with Crippen molar-refractivity contribution in [2.75, 3.05) is 7.11 Å². The summed E-state index contributed by atoms with van der Waals surface area (Å²) < 4.78 is 11.3. The number of benzene rings is 1. The van der Waals surface area contributed by atoms with E-state index in [1.54, 1.807) is 19.1 Å². The van der Waals surface area contributed by atoms with Crippen molar-refractivity contribution in [1.82, 2.24) is 0 Å². The first-order chi connectivity index (χ1) is 11.0.